The van der Waals surface area contributed by atoms with Crippen LogP contribution in [0.2, 0.25) is 0 Å². The minimum atomic E-state index is -0.0360. The number of nitrogen functional groups attached to an aromatic ring is 1. The number of likely N-dealkylation sites (N-methyl/N-ethyl adjacent to an activating group) is 1. The van der Waals surface area contributed by atoms with Crippen LogP contribution in [0.25, 0.3) is 0 Å². The van der Waals surface area contributed by atoms with E-state index in [9.17, 15) is 4.79 Å². The highest BCUT2D eigenvalue weighted by Gasteiger charge is 2.12. The first-order valence-electron chi connectivity index (χ1n) is 5.64. The molecule has 0 aliphatic heterocycles. The van der Waals surface area contributed by atoms with Crippen LogP contribution < -0.4 is 16.0 Å². The Labute approximate surface area is 101 Å². The molecule has 0 fully saturated rings. The summed E-state index contributed by atoms with van der Waals surface area (Å²) in [6.07, 6.45) is 3.08. The number of hydrogen-bond acceptors (Lipinski definition) is 5. The summed E-state index contributed by atoms with van der Waals surface area (Å²) in [5.74, 6) is 0.933. The number of carbonyl (C=O) groups is 1. The molecule has 0 aliphatic carbocycles. The molecule has 0 saturated heterocycles. The first-order valence-corrected chi connectivity index (χ1v) is 5.64. The molecule has 0 aliphatic rings. The summed E-state index contributed by atoms with van der Waals surface area (Å²) in [4.78, 5) is 21.6. The van der Waals surface area contributed by atoms with Crippen molar-refractivity contribution in [3.05, 3.63) is 12.4 Å². The average molecular weight is 237 g/mol. The van der Waals surface area contributed by atoms with Gasteiger partial charge in [0.1, 0.15) is 11.6 Å². The van der Waals surface area contributed by atoms with Crippen molar-refractivity contribution in [2.24, 2.45) is 0 Å². The van der Waals surface area contributed by atoms with E-state index in [2.05, 4.69) is 15.3 Å². The Hall–Kier alpha value is -1.85. The fraction of sp³-hybridized carbons (Fsp3) is 0.545. The fourth-order valence-corrected chi connectivity index (χ4v) is 1.42. The largest absolute Gasteiger partial charge is 0.382 e. The fourth-order valence-electron chi connectivity index (χ4n) is 1.42. The summed E-state index contributed by atoms with van der Waals surface area (Å²) in [6.45, 7) is 6.73. The molecule has 94 valence electrons. The van der Waals surface area contributed by atoms with Gasteiger partial charge in [-0.3, -0.25) is 9.78 Å². The standard InChI is InChI=1S/C11H19N5O/c1-4-16(7-11(17)14-8(2)3)10-6-13-5-9(12)15-10/h5-6,8H,4,7H2,1-3H3,(H2,12,15)(H,14,17). The highest BCUT2D eigenvalue weighted by atomic mass is 16.2. The predicted octanol–water partition coefficient (Wildman–Crippen LogP) is 0.410. The van der Waals surface area contributed by atoms with Crippen LogP contribution in [0.1, 0.15) is 20.8 Å². The van der Waals surface area contributed by atoms with Gasteiger partial charge in [-0.25, -0.2) is 4.98 Å². The number of anilines is 2. The van der Waals surface area contributed by atoms with Gasteiger partial charge < -0.3 is 16.0 Å². The Bertz CT molecular complexity index is 380. The molecule has 6 heteroatoms. The van der Waals surface area contributed by atoms with E-state index in [0.29, 0.717) is 18.2 Å². The molecule has 0 radical (unpaired) electrons. The maximum Gasteiger partial charge on any atom is 0.239 e. The molecule has 17 heavy (non-hydrogen) atoms. The topological polar surface area (TPSA) is 84.1 Å². The van der Waals surface area contributed by atoms with E-state index in [1.807, 2.05) is 25.7 Å². The zero-order valence-electron chi connectivity index (χ0n) is 10.5. The molecule has 1 heterocycles. The summed E-state index contributed by atoms with van der Waals surface area (Å²) < 4.78 is 0. The van der Waals surface area contributed by atoms with E-state index in [1.165, 1.54) is 6.20 Å². The number of aromatic nitrogens is 2. The van der Waals surface area contributed by atoms with Gasteiger partial charge in [0.05, 0.1) is 18.9 Å². The van der Waals surface area contributed by atoms with Gasteiger partial charge in [0.2, 0.25) is 5.91 Å². The van der Waals surface area contributed by atoms with E-state index < -0.39 is 0 Å². The van der Waals surface area contributed by atoms with E-state index in [1.54, 1.807) is 6.20 Å². The molecule has 1 aromatic heterocycles. The lowest BCUT2D eigenvalue weighted by atomic mass is 10.3. The first-order chi connectivity index (χ1) is 8.02. The van der Waals surface area contributed by atoms with E-state index in [-0.39, 0.29) is 18.5 Å². The Morgan fingerprint density at radius 1 is 1.53 bits per heavy atom. The third-order valence-electron chi connectivity index (χ3n) is 2.13. The van der Waals surface area contributed by atoms with Crippen LogP contribution in [0.15, 0.2) is 12.4 Å². The van der Waals surface area contributed by atoms with Gasteiger partial charge in [0.15, 0.2) is 0 Å². The van der Waals surface area contributed by atoms with Crippen LogP contribution in [0.3, 0.4) is 0 Å². The molecule has 1 amide bonds. The van der Waals surface area contributed by atoms with Crippen molar-refractivity contribution in [3.63, 3.8) is 0 Å². The summed E-state index contributed by atoms with van der Waals surface area (Å²) in [5, 5.41) is 2.83. The van der Waals surface area contributed by atoms with Crippen LogP contribution in [0, 0.1) is 0 Å². The Balaban J connectivity index is 2.69. The second kappa shape index (κ2) is 6.03. The molecule has 6 nitrogen and oxygen atoms in total. The second-order valence-electron chi connectivity index (χ2n) is 4.04. The molecule has 3 N–H and O–H groups in total. The highest BCUT2D eigenvalue weighted by molar-refractivity contribution is 5.81. The summed E-state index contributed by atoms with van der Waals surface area (Å²) in [7, 11) is 0. The number of amides is 1. The van der Waals surface area contributed by atoms with E-state index >= 15 is 0 Å². The third kappa shape index (κ3) is 4.26. The number of hydrogen-bond donors (Lipinski definition) is 2. The third-order valence-corrected chi connectivity index (χ3v) is 2.13. The van der Waals surface area contributed by atoms with Gasteiger partial charge in [0, 0.05) is 12.6 Å². The predicted molar refractivity (Wildman–Crippen MR) is 67.6 cm³/mol. The summed E-state index contributed by atoms with van der Waals surface area (Å²) in [5.41, 5.74) is 5.56. The molecular weight excluding hydrogens is 218 g/mol. The lowest BCUT2D eigenvalue weighted by Crippen LogP contribution is -2.40. The smallest absolute Gasteiger partial charge is 0.239 e. The zero-order chi connectivity index (χ0) is 12.8. The van der Waals surface area contributed by atoms with Crippen molar-refractivity contribution in [2.75, 3.05) is 23.7 Å². The van der Waals surface area contributed by atoms with Crippen LogP contribution in [-0.2, 0) is 4.79 Å². The molecule has 0 atom stereocenters. The van der Waals surface area contributed by atoms with Crippen molar-refractivity contribution >= 4 is 17.5 Å². The van der Waals surface area contributed by atoms with Crippen molar-refractivity contribution in [1.82, 2.24) is 15.3 Å². The SMILES string of the molecule is CCN(CC(=O)NC(C)C)c1cncc(N)n1. The maximum absolute atomic E-state index is 11.6. The molecule has 0 unspecified atom stereocenters. The number of rotatable bonds is 5. The summed E-state index contributed by atoms with van der Waals surface area (Å²) in [6, 6.07) is 0.133. The minimum absolute atomic E-state index is 0.0360. The van der Waals surface area contributed by atoms with Crippen molar-refractivity contribution in [3.8, 4) is 0 Å². The lowest BCUT2D eigenvalue weighted by molar-refractivity contribution is -0.120. The van der Waals surface area contributed by atoms with Crippen LogP contribution in [-0.4, -0.2) is 35.0 Å². The maximum atomic E-state index is 11.6. The van der Waals surface area contributed by atoms with E-state index in [4.69, 9.17) is 5.73 Å². The average Bonchev–Trinajstić information content (AvgIpc) is 2.24. The van der Waals surface area contributed by atoms with Gasteiger partial charge in [0.25, 0.3) is 0 Å². The van der Waals surface area contributed by atoms with Crippen molar-refractivity contribution in [2.45, 2.75) is 26.8 Å². The van der Waals surface area contributed by atoms with Gasteiger partial charge in [-0.2, -0.15) is 0 Å². The Morgan fingerprint density at radius 3 is 2.76 bits per heavy atom. The molecule has 1 aromatic rings. The van der Waals surface area contributed by atoms with Gasteiger partial charge in [-0.1, -0.05) is 0 Å². The first kappa shape index (κ1) is 13.2. The van der Waals surface area contributed by atoms with Gasteiger partial charge in [-0.05, 0) is 20.8 Å². The van der Waals surface area contributed by atoms with Crippen LogP contribution in [0.5, 0.6) is 0 Å². The van der Waals surface area contributed by atoms with Crippen molar-refractivity contribution < 1.29 is 4.79 Å². The monoisotopic (exact) mass is 237 g/mol. The number of nitrogens with two attached hydrogens (primary N) is 1. The summed E-state index contributed by atoms with van der Waals surface area (Å²) >= 11 is 0. The lowest BCUT2D eigenvalue weighted by Gasteiger charge is -2.21. The van der Waals surface area contributed by atoms with Crippen LogP contribution >= 0.6 is 0 Å². The highest BCUT2D eigenvalue weighted by Crippen LogP contribution is 2.09. The number of nitrogens with zero attached hydrogens (tertiary/aromatic N) is 3. The number of nitrogens with one attached hydrogen (secondary N) is 1. The molecule has 0 bridgehead atoms. The normalized spacial score (nSPS) is 10.4. The van der Waals surface area contributed by atoms with Crippen LogP contribution in [0.4, 0.5) is 11.6 Å². The molecular formula is C11H19N5O. The second-order valence-corrected chi connectivity index (χ2v) is 4.04. The Morgan fingerprint density at radius 2 is 2.24 bits per heavy atom. The quantitative estimate of drug-likeness (QED) is 0.775. The van der Waals surface area contributed by atoms with Gasteiger partial charge in [-0.15, -0.1) is 0 Å². The molecule has 0 aromatic carbocycles. The van der Waals surface area contributed by atoms with Gasteiger partial charge >= 0.3 is 0 Å². The minimum Gasteiger partial charge on any atom is -0.382 e. The van der Waals surface area contributed by atoms with E-state index in [0.717, 1.165) is 0 Å². The molecule has 0 saturated carbocycles. The van der Waals surface area contributed by atoms with Crippen molar-refractivity contribution in [1.29, 1.82) is 0 Å². The zero-order valence-corrected chi connectivity index (χ0v) is 10.5. The molecule has 0 spiro atoms. The Kier molecular flexibility index (Phi) is 4.68. The molecule has 1 rings (SSSR count). The number of carbonyl (C=O) groups excluding carboxylic acids is 1.